The Kier molecular flexibility index (Phi) is 6.16. The second-order valence-electron chi connectivity index (χ2n) is 7.31. The van der Waals surface area contributed by atoms with Gasteiger partial charge in [0.2, 0.25) is 5.88 Å². The number of nitrogens with one attached hydrogen (secondary N) is 2. The summed E-state index contributed by atoms with van der Waals surface area (Å²) in [5.41, 5.74) is 0.284. The van der Waals surface area contributed by atoms with Crippen molar-refractivity contribution in [2.24, 2.45) is 0 Å². The Balaban J connectivity index is 1.88. The zero-order chi connectivity index (χ0) is 22.8. The van der Waals surface area contributed by atoms with Gasteiger partial charge >= 0.3 is 12.0 Å². The number of esters is 1. The van der Waals surface area contributed by atoms with Crippen molar-refractivity contribution in [1.82, 2.24) is 5.32 Å². The maximum atomic E-state index is 12.6. The number of methoxy groups -OCH3 is 1. The van der Waals surface area contributed by atoms with Crippen LogP contribution < -0.4 is 10.6 Å². The SMILES string of the molecule is COC(=O)C1=C(NC(=O)Nc2ccc([N+](=O)[O-])cc2)OC(C)(C)[C@@H]1c1ccc(Cl)cc1. The second-order valence-corrected chi connectivity index (χ2v) is 7.74. The molecule has 31 heavy (non-hydrogen) atoms. The van der Waals surface area contributed by atoms with Gasteiger partial charge in [0, 0.05) is 22.8 Å². The van der Waals surface area contributed by atoms with Gasteiger partial charge in [0.25, 0.3) is 5.69 Å². The number of non-ortho nitro benzene ring substituents is 1. The molecule has 0 unspecified atom stereocenters. The monoisotopic (exact) mass is 445 g/mol. The highest BCUT2D eigenvalue weighted by atomic mass is 35.5. The van der Waals surface area contributed by atoms with Gasteiger partial charge in [-0.25, -0.2) is 9.59 Å². The summed E-state index contributed by atoms with van der Waals surface area (Å²) in [6, 6.07) is 11.6. The van der Waals surface area contributed by atoms with E-state index in [0.717, 1.165) is 5.56 Å². The lowest BCUT2D eigenvalue weighted by atomic mass is 9.81. The van der Waals surface area contributed by atoms with Crippen LogP contribution in [0.2, 0.25) is 5.02 Å². The van der Waals surface area contributed by atoms with E-state index in [9.17, 15) is 19.7 Å². The highest BCUT2D eigenvalue weighted by Gasteiger charge is 2.48. The first-order valence-electron chi connectivity index (χ1n) is 9.22. The van der Waals surface area contributed by atoms with Crippen LogP contribution in [0.15, 0.2) is 60.0 Å². The number of ether oxygens (including phenoxy) is 2. The molecule has 0 saturated carbocycles. The molecular formula is C21H20ClN3O6. The van der Waals surface area contributed by atoms with Crippen LogP contribution in [0, 0.1) is 10.1 Å². The van der Waals surface area contributed by atoms with Crippen LogP contribution in [-0.2, 0) is 14.3 Å². The number of hydrogen-bond donors (Lipinski definition) is 2. The molecule has 2 N–H and O–H groups in total. The van der Waals surface area contributed by atoms with Crippen LogP contribution in [0.25, 0.3) is 0 Å². The van der Waals surface area contributed by atoms with Crippen molar-refractivity contribution in [3.05, 3.63) is 80.7 Å². The number of anilines is 1. The number of nitro groups is 1. The van der Waals surface area contributed by atoms with E-state index in [1.165, 1.54) is 31.4 Å². The summed E-state index contributed by atoms with van der Waals surface area (Å²) in [6.07, 6.45) is 0. The summed E-state index contributed by atoms with van der Waals surface area (Å²) in [5.74, 6) is -1.20. The molecule has 3 rings (SSSR count). The number of urea groups is 1. The lowest BCUT2D eigenvalue weighted by molar-refractivity contribution is -0.384. The maximum absolute atomic E-state index is 12.6. The number of benzene rings is 2. The number of hydrogen-bond acceptors (Lipinski definition) is 6. The predicted octanol–water partition coefficient (Wildman–Crippen LogP) is 4.35. The third-order valence-electron chi connectivity index (χ3n) is 4.77. The van der Waals surface area contributed by atoms with Gasteiger partial charge in [-0.2, -0.15) is 0 Å². The first-order chi connectivity index (χ1) is 14.6. The van der Waals surface area contributed by atoms with Crippen LogP contribution in [0.5, 0.6) is 0 Å². The van der Waals surface area contributed by atoms with E-state index in [2.05, 4.69) is 10.6 Å². The average Bonchev–Trinajstić information content (AvgIpc) is 2.98. The van der Waals surface area contributed by atoms with Crippen molar-refractivity contribution in [2.75, 3.05) is 12.4 Å². The fraction of sp³-hybridized carbons (Fsp3) is 0.238. The Hall–Kier alpha value is -3.59. The second kappa shape index (κ2) is 8.65. The molecule has 1 heterocycles. The number of carbonyl (C=O) groups excluding carboxylic acids is 2. The Morgan fingerprint density at radius 2 is 1.71 bits per heavy atom. The van der Waals surface area contributed by atoms with E-state index in [1.807, 2.05) is 0 Å². The standard InChI is InChI=1S/C21H20ClN3O6/c1-21(2)17(12-4-6-13(22)7-5-12)16(19(26)30-3)18(31-21)24-20(27)23-14-8-10-15(11-9-14)25(28)29/h4-11,17H,1-3H3,(H2,23,24,27)/t17-/m1/s1. The van der Waals surface area contributed by atoms with Gasteiger partial charge in [-0.15, -0.1) is 0 Å². The summed E-state index contributed by atoms with van der Waals surface area (Å²) >= 11 is 5.98. The third kappa shape index (κ3) is 4.77. The number of carbonyl (C=O) groups is 2. The van der Waals surface area contributed by atoms with Crippen LogP contribution in [0.3, 0.4) is 0 Å². The van der Waals surface area contributed by atoms with E-state index >= 15 is 0 Å². The largest absolute Gasteiger partial charge is 0.471 e. The lowest BCUT2D eigenvalue weighted by Gasteiger charge is -2.28. The highest BCUT2D eigenvalue weighted by Crippen LogP contribution is 2.45. The van der Waals surface area contributed by atoms with Gasteiger partial charge in [0.1, 0.15) is 11.2 Å². The minimum Gasteiger partial charge on any atom is -0.471 e. The van der Waals surface area contributed by atoms with E-state index in [0.29, 0.717) is 10.7 Å². The zero-order valence-electron chi connectivity index (χ0n) is 17.0. The topological polar surface area (TPSA) is 120 Å². The Bertz CT molecular complexity index is 1050. The molecule has 9 nitrogen and oxygen atoms in total. The molecule has 0 aliphatic carbocycles. The first-order valence-corrected chi connectivity index (χ1v) is 9.59. The van der Waals surface area contributed by atoms with Crippen molar-refractivity contribution >= 4 is 35.0 Å². The summed E-state index contributed by atoms with van der Waals surface area (Å²) in [5, 5.41) is 16.4. The fourth-order valence-electron chi connectivity index (χ4n) is 3.42. The van der Waals surface area contributed by atoms with Crippen molar-refractivity contribution in [2.45, 2.75) is 25.4 Å². The van der Waals surface area contributed by atoms with Gasteiger partial charge in [-0.1, -0.05) is 23.7 Å². The normalized spacial score (nSPS) is 17.0. The van der Waals surface area contributed by atoms with Gasteiger partial charge < -0.3 is 14.8 Å². The summed E-state index contributed by atoms with van der Waals surface area (Å²) in [4.78, 5) is 35.3. The lowest BCUT2D eigenvalue weighted by Crippen LogP contribution is -2.32. The molecule has 0 aromatic heterocycles. The Morgan fingerprint density at radius 1 is 1.10 bits per heavy atom. The van der Waals surface area contributed by atoms with Crippen LogP contribution in [0.4, 0.5) is 16.2 Å². The van der Waals surface area contributed by atoms with Crippen molar-refractivity contribution in [3.63, 3.8) is 0 Å². The summed E-state index contributed by atoms with van der Waals surface area (Å²) in [6.45, 7) is 3.58. The molecular weight excluding hydrogens is 426 g/mol. The maximum Gasteiger partial charge on any atom is 0.339 e. The first kappa shape index (κ1) is 22.1. The molecule has 2 aromatic carbocycles. The third-order valence-corrected chi connectivity index (χ3v) is 5.02. The minimum absolute atomic E-state index is 0.0313. The molecule has 0 radical (unpaired) electrons. The molecule has 2 amide bonds. The van der Waals surface area contributed by atoms with E-state index in [1.54, 1.807) is 38.1 Å². The smallest absolute Gasteiger partial charge is 0.339 e. The average molecular weight is 446 g/mol. The Labute approximate surface area is 183 Å². The van der Waals surface area contributed by atoms with Crippen LogP contribution in [-0.4, -0.2) is 29.6 Å². The highest BCUT2D eigenvalue weighted by molar-refractivity contribution is 6.30. The summed E-state index contributed by atoms with van der Waals surface area (Å²) < 4.78 is 10.9. The zero-order valence-corrected chi connectivity index (χ0v) is 17.7. The van der Waals surface area contributed by atoms with Crippen LogP contribution >= 0.6 is 11.6 Å². The van der Waals surface area contributed by atoms with Gasteiger partial charge in [0.05, 0.1) is 18.0 Å². The van der Waals surface area contributed by atoms with Gasteiger partial charge in [-0.3, -0.25) is 15.4 Å². The van der Waals surface area contributed by atoms with Crippen LogP contribution in [0.1, 0.15) is 25.3 Å². The molecule has 1 aliphatic heterocycles. The molecule has 0 saturated heterocycles. The number of nitro benzene ring substituents is 1. The van der Waals surface area contributed by atoms with E-state index < -0.39 is 28.4 Å². The molecule has 0 bridgehead atoms. The van der Waals surface area contributed by atoms with Crippen molar-refractivity contribution in [1.29, 1.82) is 0 Å². The van der Waals surface area contributed by atoms with Crippen molar-refractivity contribution in [3.8, 4) is 0 Å². The minimum atomic E-state index is -0.868. The molecule has 1 atom stereocenters. The summed E-state index contributed by atoms with van der Waals surface area (Å²) in [7, 11) is 1.24. The number of amides is 2. The molecule has 10 heteroatoms. The van der Waals surface area contributed by atoms with E-state index in [-0.39, 0.29) is 17.1 Å². The number of rotatable bonds is 5. The van der Waals surface area contributed by atoms with Crippen molar-refractivity contribution < 1.29 is 24.0 Å². The van der Waals surface area contributed by atoms with Gasteiger partial charge in [-0.05, 0) is 43.7 Å². The molecule has 0 fully saturated rings. The van der Waals surface area contributed by atoms with E-state index in [4.69, 9.17) is 21.1 Å². The predicted molar refractivity (Wildman–Crippen MR) is 114 cm³/mol. The molecule has 1 aliphatic rings. The fourth-order valence-corrected chi connectivity index (χ4v) is 3.55. The quantitative estimate of drug-likeness (QED) is 0.401. The molecule has 162 valence electrons. The number of halogens is 1. The number of nitrogens with zero attached hydrogens (tertiary/aromatic N) is 1. The molecule has 0 spiro atoms. The van der Waals surface area contributed by atoms with Gasteiger partial charge in [0.15, 0.2) is 0 Å². The Morgan fingerprint density at radius 3 is 2.26 bits per heavy atom. The molecule has 2 aromatic rings.